The van der Waals surface area contributed by atoms with Crippen LogP contribution in [0.25, 0.3) is 5.65 Å². The molecule has 27 heavy (non-hydrogen) atoms. The Bertz CT molecular complexity index is 958. The Hall–Kier alpha value is -2.46. The Balaban J connectivity index is 1.58. The molecule has 3 aromatic rings. The average molecular weight is 361 g/mol. The van der Waals surface area contributed by atoms with Crippen molar-refractivity contribution >= 4 is 5.65 Å². The quantitative estimate of drug-likeness (QED) is 0.666. The van der Waals surface area contributed by atoms with E-state index in [0.29, 0.717) is 6.04 Å². The summed E-state index contributed by atoms with van der Waals surface area (Å²) in [6.07, 6.45) is 7.94. The molecule has 4 heteroatoms. The third-order valence-corrected chi connectivity index (χ3v) is 5.68. The molecule has 2 aromatic heterocycles. The van der Waals surface area contributed by atoms with Gasteiger partial charge in [0.25, 0.3) is 5.56 Å². The first-order valence-electron chi connectivity index (χ1n) is 9.96. The zero-order chi connectivity index (χ0) is 18.6. The largest absolute Gasteiger partial charge is 0.294 e. The van der Waals surface area contributed by atoms with Crippen LogP contribution in [-0.2, 0) is 13.0 Å². The summed E-state index contributed by atoms with van der Waals surface area (Å²) in [5, 5.41) is 0. The Labute approximate surface area is 160 Å². The average Bonchev–Trinajstić information content (AvgIpc) is 3.21. The lowest BCUT2D eigenvalue weighted by Crippen LogP contribution is -2.35. The molecule has 1 saturated carbocycles. The number of benzene rings is 1. The van der Waals surface area contributed by atoms with Crippen molar-refractivity contribution in [3.63, 3.8) is 0 Å². The van der Waals surface area contributed by atoms with Gasteiger partial charge in [0.1, 0.15) is 5.65 Å². The Morgan fingerprint density at radius 3 is 2.67 bits per heavy atom. The summed E-state index contributed by atoms with van der Waals surface area (Å²) in [6, 6.07) is 16.9. The first kappa shape index (κ1) is 17.9. The third kappa shape index (κ3) is 4.11. The van der Waals surface area contributed by atoms with Crippen LogP contribution in [0.5, 0.6) is 0 Å². The van der Waals surface area contributed by atoms with Gasteiger partial charge in [0.2, 0.25) is 0 Å². The molecule has 0 bridgehead atoms. The Morgan fingerprint density at radius 1 is 1.11 bits per heavy atom. The summed E-state index contributed by atoms with van der Waals surface area (Å²) in [4.78, 5) is 19.9. The van der Waals surface area contributed by atoms with Crippen LogP contribution in [0.1, 0.15) is 42.5 Å². The molecule has 4 rings (SSSR count). The molecule has 4 nitrogen and oxygen atoms in total. The van der Waals surface area contributed by atoms with Gasteiger partial charge < -0.3 is 0 Å². The van der Waals surface area contributed by atoms with Crippen LogP contribution in [0, 0.1) is 6.92 Å². The molecule has 1 fully saturated rings. The van der Waals surface area contributed by atoms with Crippen molar-refractivity contribution in [3.8, 4) is 0 Å². The second kappa shape index (κ2) is 8.05. The maximum Gasteiger partial charge on any atom is 0.258 e. The molecular weight excluding hydrogens is 334 g/mol. The zero-order valence-corrected chi connectivity index (χ0v) is 16.0. The molecule has 2 heterocycles. The van der Waals surface area contributed by atoms with Gasteiger partial charge in [-0.25, -0.2) is 4.98 Å². The number of pyridine rings is 1. The Kier molecular flexibility index (Phi) is 5.35. The highest BCUT2D eigenvalue weighted by Gasteiger charge is 2.23. The lowest BCUT2D eigenvalue weighted by atomic mass is 10.1. The van der Waals surface area contributed by atoms with Crippen molar-refractivity contribution in [2.24, 2.45) is 0 Å². The van der Waals surface area contributed by atoms with Gasteiger partial charge in [-0.2, -0.15) is 0 Å². The monoisotopic (exact) mass is 361 g/mol. The predicted octanol–water partition coefficient (Wildman–Crippen LogP) is 3.99. The number of aromatic nitrogens is 2. The second-order valence-electron chi connectivity index (χ2n) is 7.61. The van der Waals surface area contributed by atoms with E-state index in [1.807, 2.05) is 19.1 Å². The number of rotatable bonds is 6. The van der Waals surface area contributed by atoms with Crippen LogP contribution in [0.2, 0.25) is 0 Å². The van der Waals surface area contributed by atoms with Gasteiger partial charge in [0, 0.05) is 31.4 Å². The van der Waals surface area contributed by atoms with Crippen molar-refractivity contribution in [2.45, 2.75) is 51.6 Å². The van der Waals surface area contributed by atoms with Gasteiger partial charge in [-0.1, -0.05) is 49.2 Å². The number of hydrogen-bond acceptors (Lipinski definition) is 3. The molecule has 0 atom stereocenters. The predicted molar refractivity (Wildman–Crippen MR) is 109 cm³/mol. The van der Waals surface area contributed by atoms with E-state index in [-0.39, 0.29) is 5.56 Å². The van der Waals surface area contributed by atoms with E-state index in [9.17, 15) is 4.79 Å². The summed E-state index contributed by atoms with van der Waals surface area (Å²) in [7, 11) is 0. The highest BCUT2D eigenvalue weighted by molar-refractivity contribution is 5.46. The SMILES string of the molecule is Cc1cccn2c(=O)cc(CN(CCc3ccccc3)C3CCCC3)nc12. The molecule has 0 unspecified atom stereocenters. The van der Waals surface area contributed by atoms with E-state index >= 15 is 0 Å². The first-order chi connectivity index (χ1) is 13.2. The standard InChI is InChI=1S/C23H27N3O/c1-18-8-7-14-26-22(27)16-20(24-23(18)26)17-25(21-11-5-6-12-21)15-13-19-9-3-2-4-10-19/h2-4,7-10,14,16,21H,5-6,11-13,15,17H2,1H3. The van der Waals surface area contributed by atoms with Gasteiger partial charge >= 0.3 is 0 Å². The van der Waals surface area contributed by atoms with E-state index in [0.717, 1.165) is 36.4 Å². The molecule has 0 spiro atoms. The number of fused-ring (bicyclic) bond motifs is 1. The minimum atomic E-state index is 0.00753. The lowest BCUT2D eigenvalue weighted by molar-refractivity contribution is 0.189. The molecule has 0 N–H and O–H groups in total. The van der Waals surface area contributed by atoms with E-state index in [1.165, 1.54) is 31.2 Å². The van der Waals surface area contributed by atoms with Gasteiger partial charge in [0.05, 0.1) is 5.69 Å². The smallest absolute Gasteiger partial charge is 0.258 e. The van der Waals surface area contributed by atoms with Crippen LogP contribution in [-0.4, -0.2) is 26.9 Å². The molecule has 140 valence electrons. The van der Waals surface area contributed by atoms with Crippen molar-refractivity contribution in [1.82, 2.24) is 14.3 Å². The minimum Gasteiger partial charge on any atom is -0.294 e. The van der Waals surface area contributed by atoms with Gasteiger partial charge in [0.15, 0.2) is 0 Å². The van der Waals surface area contributed by atoms with E-state index in [2.05, 4.69) is 35.2 Å². The summed E-state index contributed by atoms with van der Waals surface area (Å²) >= 11 is 0. The molecular formula is C23H27N3O. The number of nitrogens with zero attached hydrogens (tertiary/aromatic N) is 3. The maximum atomic E-state index is 12.5. The second-order valence-corrected chi connectivity index (χ2v) is 7.61. The lowest BCUT2D eigenvalue weighted by Gasteiger charge is -2.28. The van der Waals surface area contributed by atoms with E-state index in [1.54, 1.807) is 16.7 Å². The van der Waals surface area contributed by atoms with E-state index < -0.39 is 0 Å². The van der Waals surface area contributed by atoms with Crippen LogP contribution in [0.4, 0.5) is 0 Å². The number of hydrogen-bond donors (Lipinski definition) is 0. The van der Waals surface area contributed by atoms with Gasteiger partial charge in [-0.05, 0) is 43.4 Å². The molecule has 1 aliphatic rings. The highest BCUT2D eigenvalue weighted by atomic mass is 16.1. The minimum absolute atomic E-state index is 0.00753. The van der Waals surface area contributed by atoms with Crippen molar-refractivity contribution < 1.29 is 0 Å². The fraction of sp³-hybridized carbons (Fsp3) is 0.391. The third-order valence-electron chi connectivity index (χ3n) is 5.68. The zero-order valence-electron chi connectivity index (χ0n) is 16.0. The van der Waals surface area contributed by atoms with Gasteiger partial charge in [-0.15, -0.1) is 0 Å². The molecule has 1 aliphatic carbocycles. The van der Waals surface area contributed by atoms with Crippen LogP contribution < -0.4 is 5.56 Å². The van der Waals surface area contributed by atoms with Crippen molar-refractivity contribution in [3.05, 3.63) is 81.9 Å². The summed E-state index contributed by atoms with van der Waals surface area (Å²) in [6.45, 7) is 3.76. The first-order valence-corrected chi connectivity index (χ1v) is 9.96. The maximum absolute atomic E-state index is 12.5. The van der Waals surface area contributed by atoms with Crippen LogP contribution >= 0.6 is 0 Å². The molecule has 0 aliphatic heterocycles. The molecule has 0 saturated heterocycles. The molecule has 0 amide bonds. The topological polar surface area (TPSA) is 37.6 Å². The van der Waals surface area contributed by atoms with Crippen molar-refractivity contribution in [2.75, 3.05) is 6.54 Å². The normalized spacial score (nSPS) is 15.0. The van der Waals surface area contributed by atoms with Crippen molar-refractivity contribution in [1.29, 1.82) is 0 Å². The summed E-state index contributed by atoms with van der Waals surface area (Å²) < 4.78 is 1.64. The number of aryl methyl sites for hydroxylation is 1. The summed E-state index contributed by atoms with van der Waals surface area (Å²) in [5.74, 6) is 0. The molecule has 0 radical (unpaired) electrons. The fourth-order valence-corrected chi connectivity index (χ4v) is 4.18. The van der Waals surface area contributed by atoms with Crippen LogP contribution in [0.15, 0.2) is 59.5 Å². The van der Waals surface area contributed by atoms with Gasteiger partial charge in [-0.3, -0.25) is 14.1 Å². The fourth-order valence-electron chi connectivity index (χ4n) is 4.18. The summed E-state index contributed by atoms with van der Waals surface area (Å²) in [5.41, 5.74) is 4.06. The van der Waals surface area contributed by atoms with E-state index in [4.69, 9.17) is 4.98 Å². The molecule has 1 aromatic carbocycles. The highest BCUT2D eigenvalue weighted by Crippen LogP contribution is 2.25. The van der Waals surface area contributed by atoms with Crippen LogP contribution in [0.3, 0.4) is 0 Å². The Morgan fingerprint density at radius 2 is 1.89 bits per heavy atom.